The first-order valence-electron chi connectivity index (χ1n) is 7.13. The minimum Gasteiger partial charge on any atom is -0.462 e. The molecule has 2 aromatic carbocycles. The van der Waals surface area contributed by atoms with Gasteiger partial charge in [-0.25, -0.2) is 4.79 Å². The summed E-state index contributed by atoms with van der Waals surface area (Å²) in [6.45, 7) is 1.75. The molecule has 0 saturated carbocycles. The molecule has 138 valence electrons. The zero-order chi connectivity index (χ0) is 19.5. The second-order valence-electron chi connectivity index (χ2n) is 4.91. The zero-order valence-electron chi connectivity index (χ0n) is 13.2. The van der Waals surface area contributed by atoms with Gasteiger partial charge in [-0.05, 0) is 31.2 Å². The van der Waals surface area contributed by atoms with Crippen LogP contribution in [0.5, 0.6) is 11.5 Å². The lowest BCUT2D eigenvalue weighted by atomic mass is 10.1. The van der Waals surface area contributed by atoms with Crippen molar-refractivity contribution in [1.29, 1.82) is 0 Å². The van der Waals surface area contributed by atoms with Gasteiger partial charge in [0.15, 0.2) is 0 Å². The Morgan fingerprint density at radius 3 is 2.54 bits per heavy atom. The number of nitro benzene ring substituents is 1. The van der Waals surface area contributed by atoms with Crippen molar-refractivity contribution in [3.8, 4) is 11.5 Å². The van der Waals surface area contributed by atoms with Gasteiger partial charge >= 0.3 is 17.8 Å². The quantitative estimate of drug-likeness (QED) is 0.397. The van der Waals surface area contributed by atoms with Crippen LogP contribution in [0.25, 0.3) is 0 Å². The van der Waals surface area contributed by atoms with Crippen molar-refractivity contribution in [2.24, 2.45) is 0 Å². The Kier molecular flexibility index (Phi) is 5.71. The maximum atomic E-state index is 12.8. The number of halogens is 4. The van der Waals surface area contributed by atoms with Crippen LogP contribution in [0.4, 0.5) is 18.9 Å². The zero-order valence-corrected chi connectivity index (χ0v) is 13.9. The van der Waals surface area contributed by atoms with E-state index in [-0.39, 0.29) is 17.9 Å². The Hall–Kier alpha value is -2.81. The van der Waals surface area contributed by atoms with Crippen molar-refractivity contribution in [2.45, 2.75) is 13.1 Å². The highest BCUT2D eigenvalue weighted by Crippen LogP contribution is 2.43. The molecule has 6 nitrogen and oxygen atoms in total. The molecule has 0 fully saturated rings. The van der Waals surface area contributed by atoms with Gasteiger partial charge in [0.05, 0.1) is 27.7 Å². The normalized spacial score (nSPS) is 11.1. The summed E-state index contributed by atoms with van der Waals surface area (Å²) in [5.41, 5.74) is -2.12. The number of rotatable bonds is 5. The smallest absolute Gasteiger partial charge is 0.416 e. The Morgan fingerprint density at radius 1 is 1.27 bits per heavy atom. The van der Waals surface area contributed by atoms with E-state index in [4.69, 9.17) is 21.1 Å². The Balaban J connectivity index is 2.45. The molecule has 0 aliphatic rings. The molecule has 0 aliphatic carbocycles. The van der Waals surface area contributed by atoms with Gasteiger partial charge in [-0.3, -0.25) is 10.1 Å². The number of nitro groups is 1. The van der Waals surface area contributed by atoms with Crippen molar-refractivity contribution in [3.05, 3.63) is 62.7 Å². The predicted molar refractivity (Wildman–Crippen MR) is 85.6 cm³/mol. The van der Waals surface area contributed by atoms with E-state index in [0.29, 0.717) is 12.1 Å². The van der Waals surface area contributed by atoms with Gasteiger partial charge in [-0.1, -0.05) is 17.7 Å². The molecule has 2 aromatic rings. The minimum absolute atomic E-state index is 0.0275. The molecular formula is C16H11ClF3NO5. The molecule has 0 aromatic heterocycles. The number of hydrogen-bond donors (Lipinski definition) is 0. The van der Waals surface area contributed by atoms with Gasteiger partial charge < -0.3 is 9.47 Å². The van der Waals surface area contributed by atoms with Crippen molar-refractivity contribution in [2.75, 3.05) is 6.61 Å². The molecule has 2 rings (SSSR count). The molecule has 0 heterocycles. The SMILES string of the molecule is CCOC(=O)c1cccc(Oc2c(Cl)cc(C(F)(F)F)cc2[N+](=O)[O-])c1. The van der Waals surface area contributed by atoms with Crippen LogP contribution in [-0.2, 0) is 10.9 Å². The van der Waals surface area contributed by atoms with E-state index in [1.165, 1.54) is 24.3 Å². The lowest BCUT2D eigenvalue weighted by Gasteiger charge is -2.12. The standard InChI is InChI=1S/C16H11ClF3NO5/c1-2-25-15(22)9-4-3-5-11(6-9)26-14-12(17)7-10(16(18,19)20)8-13(14)21(23)24/h3-8H,2H2,1H3. The number of alkyl halides is 3. The van der Waals surface area contributed by atoms with E-state index in [0.717, 1.165) is 0 Å². The summed E-state index contributed by atoms with van der Waals surface area (Å²) in [5.74, 6) is -1.24. The maximum Gasteiger partial charge on any atom is 0.416 e. The molecule has 0 radical (unpaired) electrons. The lowest BCUT2D eigenvalue weighted by Crippen LogP contribution is -2.07. The maximum absolute atomic E-state index is 12.8. The molecular weight excluding hydrogens is 379 g/mol. The first-order valence-corrected chi connectivity index (χ1v) is 7.51. The number of carbonyl (C=O) groups is 1. The molecule has 0 spiro atoms. The van der Waals surface area contributed by atoms with E-state index >= 15 is 0 Å². The number of hydrogen-bond acceptors (Lipinski definition) is 5. The highest BCUT2D eigenvalue weighted by Gasteiger charge is 2.35. The molecule has 0 unspecified atom stereocenters. The number of esters is 1. The highest BCUT2D eigenvalue weighted by atomic mass is 35.5. The summed E-state index contributed by atoms with van der Waals surface area (Å²) in [7, 11) is 0. The van der Waals surface area contributed by atoms with Crippen molar-refractivity contribution >= 4 is 23.3 Å². The summed E-state index contributed by atoms with van der Waals surface area (Å²) in [5, 5.41) is 10.5. The summed E-state index contributed by atoms with van der Waals surface area (Å²) < 4.78 is 48.5. The van der Waals surface area contributed by atoms with Crippen LogP contribution in [0.2, 0.25) is 5.02 Å². The summed E-state index contributed by atoms with van der Waals surface area (Å²) in [6.07, 6.45) is -4.81. The van der Waals surface area contributed by atoms with Crippen molar-refractivity contribution < 1.29 is 32.4 Å². The van der Waals surface area contributed by atoms with Crippen molar-refractivity contribution in [1.82, 2.24) is 0 Å². The van der Waals surface area contributed by atoms with E-state index in [2.05, 4.69) is 0 Å². The lowest BCUT2D eigenvalue weighted by molar-refractivity contribution is -0.385. The molecule has 0 atom stereocenters. The molecule has 10 heteroatoms. The Labute approximate surface area is 150 Å². The van der Waals surface area contributed by atoms with Gasteiger partial charge in [0.1, 0.15) is 5.75 Å². The monoisotopic (exact) mass is 389 g/mol. The van der Waals surface area contributed by atoms with Crippen LogP contribution in [-0.4, -0.2) is 17.5 Å². The van der Waals surface area contributed by atoms with Gasteiger partial charge in [-0.15, -0.1) is 0 Å². The fraction of sp³-hybridized carbons (Fsp3) is 0.188. The van der Waals surface area contributed by atoms with Gasteiger partial charge in [0.2, 0.25) is 5.75 Å². The average Bonchev–Trinajstić information content (AvgIpc) is 2.55. The first-order chi connectivity index (χ1) is 12.1. The molecule has 0 bridgehead atoms. The average molecular weight is 390 g/mol. The number of ether oxygens (including phenoxy) is 2. The third kappa shape index (κ3) is 4.42. The van der Waals surface area contributed by atoms with Crippen LogP contribution in [0.15, 0.2) is 36.4 Å². The second kappa shape index (κ2) is 7.61. The van der Waals surface area contributed by atoms with Crippen LogP contribution in [0.3, 0.4) is 0 Å². The van der Waals surface area contributed by atoms with Crippen LogP contribution in [0, 0.1) is 10.1 Å². The summed E-state index contributed by atoms with van der Waals surface area (Å²) in [4.78, 5) is 21.8. The molecule has 0 N–H and O–H groups in total. The fourth-order valence-corrected chi connectivity index (χ4v) is 2.25. The third-order valence-corrected chi connectivity index (χ3v) is 3.39. The Morgan fingerprint density at radius 2 is 1.96 bits per heavy atom. The van der Waals surface area contributed by atoms with Gasteiger partial charge in [-0.2, -0.15) is 13.2 Å². The predicted octanol–water partition coefficient (Wildman–Crippen LogP) is 5.24. The first kappa shape index (κ1) is 19.5. The van der Waals surface area contributed by atoms with E-state index in [1.54, 1.807) is 6.92 Å². The number of benzene rings is 2. The molecule has 0 amide bonds. The minimum atomic E-state index is -4.81. The van der Waals surface area contributed by atoms with Crippen LogP contribution < -0.4 is 4.74 Å². The number of carbonyl (C=O) groups excluding carboxylic acids is 1. The molecule has 26 heavy (non-hydrogen) atoms. The number of nitrogens with zero attached hydrogens (tertiary/aromatic N) is 1. The second-order valence-corrected chi connectivity index (χ2v) is 5.32. The van der Waals surface area contributed by atoms with Gasteiger partial charge in [0.25, 0.3) is 0 Å². The van der Waals surface area contributed by atoms with E-state index in [1.807, 2.05) is 0 Å². The van der Waals surface area contributed by atoms with Crippen LogP contribution in [0.1, 0.15) is 22.8 Å². The third-order valence-electron chi connectivity index (χ3n) is 3.11. The molecule has 0 aliphatic heterocycles. The Bertz CT molecular complexity index is 854. The summed E-state index contributed by atoms with van der Waals surface area (Å²) in [6, 6.07) is 6.30. The van der Waals surface area contributed by atoms with Gasteiger partial charge in [0, 0.05) is 6.07 Å². The molecule has 0 saturated heterocycles. The largest absolute Gasteiger partial charge is 0.462 e. The highest BCUT2D eigenvalue weighted by molar-refractivity contribution is 6.32. The van der Waals surface area contributed by atoms with E-state index in [9.17, 15) is 28.1 Å². The van der Waals surface area contributed by atoms with E-state index < -0.39 is 39.1 Å². The fourth-order valence-electron chi connectivity index (χ4n) is 2.00. The van der Waals surface area contributed by atoms with Crippen LogP contribution >= 0.6 is 11.6 Å². The summed E-state index contributed by atoms with van der Waals surface area (Å²) >= 11 is 5.77. The van der Waals surface area contributed by atoms with Crippen molar-refractivity contribution in [3.63, 3.8) is 0 Å². The topological polar surface area (TPSA) is 78.7 Å².